The van der Waals surface area contributed by atoms with Crippen molar-refractivity contribution in [3.63, 3.8) is 0 Å². The van der Waals surface area contributed by atoms with Crippen molar-refractivity contribution in [2.24, 2.45) is 13.0 Å². The van der Waals surface area contributed by atoms with E-state index in [2.05, 4.69) is 20.1 Å². The van der Waals surface area contributed by atoms with E-state index in [1.165, 1.54) is 12.5 Å². The molecule has 3 heterocycles. The molecule has 0 bridgehead atoms. The molecular formula is C26H29F4N5O7S. The van der Waals surface area contributed by atoms with E-state index in [4.69, 9.17) is 24.8 Å². The molecule has 5 rings (SSSR count). The molecular weight excluding hydrogens is 602 g/mol. The van der Waals surface area contributed by atoms with E-state index in [-0.39, 0.29) is 5.41 Å². The molecule has 0 spiro atoms. The van der Waals surface area contributed by atoms with Crippen molar-refractivity contribution < 1.29 is 52.0 Å². The minimum atomic E-state index is -4.53. The lowest BCUT2D eigenvalue weighted by Crippen LogP contribution is -2.39. The van der Waals surface area contributed by atoms with Gasteiger partial charge in [-0.3, -0.25) is 0 Å². The maximum Gasteiger partial charge on any atom is 0.416 e. The first kappa shape index (κ1) is 32.4. The van der Waals surface area contributed by atoms with Crippen LogP contribution in [0.4, 0.5) is 17.6 Å². The number of rotatable bonds is 10. The highest BCUT2D eigenvalue weighted by molar-refractivity contribution is 7.99. The molecule has 12 nitrogen and oxygen atoms in total. The second kappa shape index (κ2) is 12.6. The van der Waals surface area contributed by atoms with Crippen LogP contribution >= 0.6 is 11.8 Å². The van der Waals surface area contributed by atoms with Crippen LogP contribution in [0.2, 0.25) is 0 Å². The Kier molecular flexibility index (Phi) is 9.48. The Hall–Kier alpha value is -3.54. The van der Waals surface area contributed by atoms with Gasteiger partial charge in [-0.15, -0.1) is 10.2 Å². The number of fused-ring (bicyclic) bond motifs is 1. The molecule has 1 aromatic carbocycles. The monoisotopic (exact) mass is 631 g/mol. The number of thioether (sulfide) groups is 1. The highest BCUT2D eigenvalue weighted by Gasteiger charge is 2.61. The molecule has 3 aromatic rings. The maximum atomic E-state index is 14.5. The third-order valence-corrected chi connectivity index (χ3v) is 8.59. The minimum absolute atomic E-state index is 0.308. The van der Waals surface area contributed by atoms with E-state index in [1.807, 2.05) is 18.5 Å². The molecule has 4 N–H and O–H groups in total. The Labute approximate surface area is 246 Å². The number of aliphatic carboxylic acids is 2. The molecule has 2 unspecified atom stereocenters. The summed E-state index contributed by atoms with van der Waals surface area (Å²) in [6.07, 6.45) is -5.93. The number of likely N-dealkylation sites (tertiary alicyclic amines) is 1. The van der Waals surface area contributed by atoms with Gasteiger partial charge in [0.2, 0.25) is 5.82 Å². The van der Waals surface area contributed by atoms with Gasteiger partial charge in [-0.1, -0.05) is 17.8 Å². The third kappa shape index (κ3) is 7.00. The van der Waals surface area contributed by atoms with Crippen molar-refractivity contribution in [2.75, 3.05) is 25.4 Å². The number of carboxylic acid groups (broad SMARTS) is 2. The van der Waals surface area contributed by atoms with E-state index < -0.39 is 41.7 Å². The summed E-state index contributed by atoms with van der Waals surface area (Å²) in [5, 5.41) is 41.8. The SMILES string of the molecule is Cc1ncoc1-c1nnc(SCCCN2C[C@@H]3C[C@]3(c3ccc(C(F)(F)F)cc3F)C2)n1C.O=C(O)C(O)C(O)C(=O)O. The number of aryl methyl sites for hydroxylation is 1. The van der Waals surface area contributed by atoms with E-state index in [0.717, 1.165) is 48.6 Å². The van der Waals surface area contributed by atoms with Crippen LogP contribution < -0.4 is 0 Å². The number of aliphatic hydroxyl groups excluding tert-OH is 2. The standard InChI is InChI=1S/C22H23F4N5OS.C4H6O6/c1-13-18(32-12-27-13)19-28-29-20(30(19)2)33-7-3-6-31-10-15-9-21(15,11-31)16-5-4-14(8-17(16)23)22(24,25)26;5-1(3(7)8)2(6)4(9)10/h4-5,8,12,15H,3,6-7,9-11H2,1-2H3;1-2,5-6H,(H,7,8)(H,9,10)/t15-,21-;/m0./s1. The first-order valence-electron chi connectivity index (χ1n) is 13.0. The lowest BCUT2D eigenvalue weighted by atomic mass is 9.93. The van der Waals surface area contributed by atoms with Gasteiger partial charge in [-0.25, -0.2) is 19.0 Å². The Morgan fingerprint density at radius 2 is 1.86 bits per heavy atom. The first-order chi connectivity index (χ1) is 20.2. The van der Waals surface area contributed by atoms with Crippen LogP contribution in [-0.2, 0) is 28.2 Å². The van der Waals surface area contributed by atoms with Crippen molar-refractivity contribution in [3.8, 4) is 11.6 Å². The highest BCUT2D eigenvalue weighted by Crippen LogP contribution is 2.59. The Morgan fingerprint density at radius 3 is 2.42 bits per heavy atom. The Morgan fingerprint density at radius 1 is 1.19 bits per heavy atom. The predicted octanol–water partition coefficient (Wildman–Crippen LogP) is 2.57. The summed E-state index contributed by atoms with van der Waals surface area (Å²) < 4.78 is 60.4. The number of nitrogens with zero attached hydrogens (tertiary/aromatic N) is 5. The summed E-state index contributed by atoms with van der Waals surface area (Å²) in [6.45, 7) is 4.23. The number of hydrogen-bond acceptors (Lipinski definition) is 10. The van der Waals surface area contributed by atoms with Crippen molar-refractivity contribution in [3.05, 3.63) is 47.2 Å². The molecule has 1 aliphatic heterocycles. The fourth-order valence-electron chi connectivity index (χ4n) is 5.15. The number of aromatic nitrogens is 4. The Bertz CT molecular complexity index is 1460. The topological polar surface area (TPSA) is 175 Å². The average molecular weight is 632 g/mol. The molecule has 0 amide bonds. The van der Waals surface area contributed by atoms with Gasteiger partial charge in [0.25, 0.3) is 0 Å². The van der Waals surface area contributed by atoms with Gasteiger partial charge in [0, 0.05) is 31.3 Å². The molecule has 4 atom stereocenters. The number of piperidine rings is 1. The fraction of sp³-hybridized carbons (Fsp3) is 0.500. The number of oxazole rings is 1. The second-order valence-electron chi connectivity index (χ2n) is 10.4. The van der Waals surface area contributed by atoms with E-state index in [9.17, 15) is 27.2 Å². The van der Waals surface area contributed by atoms with Gasteiger partial charge < -0.3 is 34.3 Å². The third-order valence-electron chi connectivity index (χ3n) is 7.49. The molecule has 0 radical (unpaired) electrons. The highest BCUT2D eigenvalue weighted by atomic mass is 32.2. The van der Waals surface area contributed by atoms with Gasteiger partial charge in [0.1, 0.15) is 5.82 Å². The molecule has 2 fully saturated rings. The molecule has 1 aliphatic carbocycles. The van der Waals surface area contributed by atoms with Gasteiger partial charge in [-0.05, 0) is 49.9 Å². The van der Waals surface area contributed by atoms with Crippen molar-refractivity contribution >= 4 is 23.7 Å². The number of alkyl halides is 3. The molecule has 1 saturated carbocycles. The minimum Gasteiger partial charge on any atom is -0.479 e. The summed E-state index contributed by atoms with van der Waals surface area (Å²) in [5.74, 6) is -1.90. The molecule has 17 heteroatoms. The normalized spacial score (nSPS) is 21.1. The van der Waals surface area contributed by atoms with Crippen LogP contribution in [0.15, 0.2) is 34.2 Å². The summed E-state index contributed by atoms with van der Waals surface area (Å²) in [5.41, 5.74) is -0.0937. The van der Waals surface area contributed by atoms with E-state index >= 15 is 0 Å². The van der Waals surface area contributed by atoms with Gasteiger partial charge >= 0.3 is 18.1 Å². The van der Waals surface area contributed by atoms with Gasteiger partial charge in [0.05, 0.1) is 11.3 Å². The summed E-state index contributed by atoms with van der Waals surface area (Å²) in [7, 11) is 1.88. The molecule has 2 aliphatic rings. The molecule has 234 valence electrons. The van der Waals surface area contributed by atoms with Crippen LogP contribution in [-0.4, -0.2) is 94.6 Å². The number of benzene rings is 1. The second-order valence-corrected chi connectivity index (χ2v) is 11.4. The number of aliphatic hydroxyl groups is 2. The smallest absolute Gasteiger partial charge is 0.416 e. The van der Waals surface area contributed by atoms with E-state index in [1.54, 1.807) is 11.8 Å². The zero-order valence-corrected chi connectivity index (χ0v) is 23.8. The maximum absolute atomic E-state index is 14.5. The average Bonchev–Trinajstić information content (AvgIpc) is 3.21. The molecule has 1 saturated heterocycles. The number of carboxylic acids is 2. The van der Waals surface area contributed by atoms with Crippen molar-refractivity contribution in [1.29, 1.82) is 0 Å². The zero-order chi connectivity index (χ0) is 31.7. The molecule has 2 aromatic heterocycles. The van der Waals surface area contributed by atoms with Crippen LogP contribution in [0.5, 0.6) is 0 Å². The lowest BCUT2D eigenvalue weighted by molar-refractivity contribution is -0.165. The van der Waals surface area contributed by atoms with Gasteiger partial charge in [0.15, 0.2) is 29.5 Å². The van der Waals surface area contributed by atoms with E-state index in [0.29, 0.717) is 35.7 Å². The first-order valence-corrected chi connectivity index (χ1v) is 14.0. The Balaban J connectivity index is 0.000000365. The van der Waals surface area contributed by atoms with Crippen LogP contribution in [0, 0.1) is 18.7 Å². The number of halogens is 4. The predicted molar refractivity (Wildman–Crippen MR) is 141 cm³/mol. The van der Waals surface area contributed by atoms with Crippen LogP contribution in [0.25, 0.3) is 11.6 Å². The summed E-state index contributed by atoms with van der Waals surface area (Å²) in [4.78, 5) is 25.9. The van der Waals surface area contributed by atoms with Crippen LogP contribution in [0.1, 0.15) is 29.7 Å². The lowest BCUT2D eigenvalue weighted by Gasteiger charge is -2.21. The number of hydrogen-bond donors (Lipinski definition) is 4. The quantitative estimate of drug-likeness (QED) is 0.146. The largest absolute Gasteiger partial charge is 0.479 e. The number of carbonyl (C=O) groups is 2. The zero-order valence-electron chi connectivity index (χ0n) is 23.0. The summed E-state index contributed by atoms with van der Waals surface area (Å²) >= 11 is 1.60. The van der Waals surface area contributed by atoms with Crippen LogP contribution in [0.3, 0.4) is 0 Å². The molecule has 43 heavy (non-hydrogen) atoms. The van der Waals surface area contributed by atoms with Gasteiger partial charge in [-0.2, -0.15) is 13.2 Å². The van der Waals surface area contributed by atoms with Crippen molar-refractivity contribution in [2.45, 2.75) is 48.7 Å². The fourth-order valence-corrected chi connectivity index (χ4v) is 5.98. The summed E-state index contributed by atoms with van der Waals surface area (Å²) in [6, 6.07) is 2.96. The van der Waals surface area contributed by atoms with Crippen molar-refractivity contribution in [1.82, 2.24) is 24.6 Å².